The van der Waals surface area contributed by atoms with Gasteiger partial charge in [-0.25, -0.2) is 12.8 Å². The van der Waals surface area contributed by atoms with Crippen LogP contribution in [0.4, 0.5) is 4.39 Å². The molecule has 1 amide bonds. The molecule has 10 heteroatoms. The SMILES string of the molecule is COc1ccc(S(=O)(=O)NC(C(=O)OC(C)C(=O)NC(C)c2ccc(F)cc2)C(C)C)cc1. The van der Waals surface area contributed by atoms with E-state index >= 15 is 0 Å². The minimum Gasteiger partial charge on any atom is -0.497 e. The van der Waals surface area contributed by atoms with Gasteiger partial charge in [-0.2, -0.15) is 4.72 Å². The van der Waals surface area contributed by atoms with E-state index in [4.69, 9.17) is 9.47 Å². The summed E-state index contributed by atoms with van der Waals surface area (Å²) in [6, 6.07) is 9.69. The number of carbonyl (C=O) groups excluding carboxylic acids is 2. The number of ether oxygens (including phenoxy) is 2. The van der Waals surface area contributed by atoms with Crippen LogP contribution in [0, 0.1) is 11.7 Å². The van der Waals surface area contributed by atoms with Crippen molar-refractivity contribution in [2.75, 3.05) is 7.11 Å². The van der Waals surface area contributed by atoms with Gasteiger partial charge in [0, 0.05) is 0 Å². The molecule has 33 heavy (non-hydrogen) atoms. The van der Waals surface area contributed by atoms with Gasteiger partial charge >= 0.3 is 5.97 Å². The van der Waals surface area contributed by atoms with Gasteiger partial charge in [0.1, 0.15) is 17.6 Å². The van der Waals surface area contributed by atoms with Crippen LogP contribution in [-0.2, 0) is 24.3 Å². The number of benzene rings is 2. The molecule has 2 aromatic rings. The van der Waals surface area contributed by atoms with E-state index in [1.165, 1.54) is 50.4 Å². The smallest absolute Gasteiger partial charge is 0.325 e. The summed E-state index contributed by atoms with van der Waals surface area (Å²) in [7, 11) is -2.56. The molecule has 0 saturated heterocycles. The third-order valence-electron chi connectivity index (χ3n) is 4.96. The molecule has 180 valence electrons. The fourth-order valence-corrected chi connectivity index (χ4v) is 4.25. The number of nitrogens with one attached hydrogen (secondary N) is 2. The number of sulfonamides is 1. The second-order valence-corrected chi connectivity index (χ2v) is 9.59. The lowest BCUT2D eigenvalue weighted by Crippen LogP contribution is -2.47. The zero-order valence-corrected chi connectivity index (χ0v) is 20.0. The molecule has 0 heterocycles. The highest BCUT2D eigenvalue weighted by molar-refractivity contribution is 7.89. The summed E-state index contributed by atoms with van der Waals surface area (Å²) in [6.07, 6.45) is -1.17. The highest BCUT2D eigenvalue weighted by Crippen LogP contribution is 2.18. The number of methoxy groups -OCH3 is 1. The lowest BCUT2D eigenvalue weighted by Gasteiger charge is -2.24. The minimum absolute atomic E-state index is 0.0411. The lowest BCUT2D eigenvalue weighted by atomic mass is 10.1. The Balaban J connectivity index is 2.04. The maximum Gasteiger partial charge on any atom is 0.325 e. The third-order valence-corrected chi connectivity index (χ3v) is 6.42. The fraction of sp³-hybridized carbons (Fsp3) is 0.391. The summed E-state index contributed by atoms with van der Waals surface area (Å²) in [4.78, 5) is 25.1. The summed E-state index contributed by atoms with van der Waals surface area (Å²) >= 11 is 0. The molecule has 2 N–H and O–H groups in total. The molecule has 8 nitrogen and oxygen atoms in total. The fourth-order valence-electron chi connectivity index (χ4n) is 2.91. The standard InChI is InChI=1S/C23H29FN2O6S/c1-14(2)21(26-33(29,30)20-12-10-19(31-5)11-13-20)23(28)32-16(4)22(27)25-15(3)17-6-8-18(24)9-7-17/h6-16,21,26H,1-5H3,(H,25,27). The molecule has 2 rings (SSSR count). The maximum absolute atomic E-state index is 13.1. The molecule has 3 atom stereocenters. The van der Waals surface area contributed by atoms with Crippen molar-refractivity contribution in [3.8, 4) is 5.75 Å². The zero-order valence-electron chi connectivity index (χ0n) is 19.2. The van der Waals surface area contributed by atoms with Crippen molar-refractivity contribution in [1.82, 2.24) is 10.0 Å². The minimum atomic E-state index is -4.03. The number of hydrogen-bond donors (Lipinski definition) is 2. The number of hydrogen-bond acceptors (Lipinski definition) is 6. The quantitative estimate of drug-likeness (QED) is 0.506. The molecule has 0 fully saturated rings. The summed E-state index contributed by atoms with van der Waals surface area (Å²) < 4.78 is 51.2. The van der Waals surface area contributed by atoms with Crippen LogP contribution in [0.25, 0.3) is 0 Å². The highest BCUT2D eigenvalue weighted by atomic mass is 32.2. The van der Waals surface area contributed by atoms with Gasteiger partial charge in [-0.1, -0.05) is 26.0 Å². The number of esters is 1. The first-order valence-electron chi connectivity index (χ1n) is 10.4. The van der Waals surface area contributed by atoms with Crippen LogP contribution in [-0.4, -0.2) is 39.5 Å². The van der Waals surface area contributed by atoms with Crippen LogP contribution < -0.4 is 14.8 Å². The Kier molecular flexibility index (Phi) is 8.95. The Morgan fingerprint density at radius 2 is 1.52 bits per heavy atom. The molecular weight excluding hydrogens is 451 g/mol. The first-order chi connectivity index (χ1) is 15.4. The molecule has 0 aromatic heterocycles. The Morgan fingerprint density at radius 1 is 0.939 bits per heavy atom. The van der Waals surface area contributed by atoms with Crippen LogP contribution in [0.15, 0.2) is 53.4 Å². The maximum atomic E-state index is 13.1. The zero-order chi connectivity index (χ0) is 24.8. The van der Waals surface area contributed by atoms with Crippen molar-refractivity contribution in [3.05, 3.63) is 59.9 Å². The van der Waals surface area contributed by atoms with Crippen LogP contribution in [0.1, 0.15) is 39.3 Å². The van der Waals surface area contributed by atoms with Crippen molar-refractivity contribution in [1.29, 1.82) is 0 Å². The monoisotopic (exact) mass is 480 g/mol. The van der Waals surface area contributed by atoms with E-state index in [-0.39, 0.29) is 4.90 Å². The van der Waals surface area contributed by atoms with E-state index in [0.717, 1.165) is 0 Å². The van der Waals surface area contributed by atoms with E-state index in [1.807, 2.05) is 0 Å². The summed E-state index contributed by atoms with van der Waals surface area (Å²) in [5.74, 6) is -1.79. The van der Waals surface area contributed by atoms with E-state index in [9.17, 15) is 22.4 Å². The number of halogens is 1. The molecule has 2 aromatic carbocycles. The van der Waals surface area contributed by atoms with Crippen LogP contribution in [0.3, 0.4) is 0 Å². The lowest BCUT2D eigenvalue weighted by molar-refractivity contribution is -0.157. The van der Waals surface area contributed by atoms with Crippen molar-refractivity contribution >= 4 is 21.9 Å². The van der Waals surface area contributed by atoms with Crippen LogP contribution in [0.2, 0.25) is 0 Å². The average molecular weight is 481 g/mol. The Morgan fingerprint density at radius 3 is 2.03 bits per heavy atom. The summed E-state index contributed by atoms with van der Waals surface area (Å²) in [5.41, 5.74) is 0.676. The Labute approximate surface area is 193 Å². The Bertz CT molecular complexity index is 1060. The highest BCUT2D eigenvalue weighted by Gasteiger charge is 2.32. The van der Waals surface area contributed by atoms with E-state index < -0.39 is 51.8 Å². The van der Waals surface area contributed by atoms with Gasteiger partial charge in [-0.15, -0.1) is 0 Å². The van der Waals surface area contributed by atoms with Gasteiger partial charge in [-0.3, -0.25) is 9.59 Å². The van der Waals surface area contributed by atoms with Gasteiger partial charge in [0.15, 0.2) is 6.10 Å². The molecular formula is C23H29FN2O6S. The van der Waals surface area contributed by atoms with E-state index in [2.05, 4.69) is 10.0 Å². The molecule has 0 aliphatic carbocycles. The molecule has 0 saturated carbocycles. The predicted octanol–water partition coefficient (Wildman–Crippen LogP) is 2.95. The van der Waals surface area contributed by atoms with E-state index in [0.29, 0.717) is 11.3 Å². The van der Waals surface area contributed by atoms with Gasteiger partial charge in [0.25, 0.3) is 5.91 Å². The largest absolute Gasteiger partial charge is 0.497 e. The molecule has 0 spiro atoms. The van der Waals surface area contributed by atoms with Crippen LogP contribution in [0.5, 0.6) is 5.75 Å². The van der Waals surface area contributed by atoms with Crippen LogP contribution >= 0.6 is 0 Å². The van der Waals surface area contributed by atoms with Gasteiger partial charge < -0.3 is 14.8 Å². The van der Waals surface area contributed by atoms with E-state index in [1.54, 1.807) is 32.9 Å². The third kappa shape index (κ3) is 7.26. The van der Waals surface area contributed by atoms with Gasteiger partial charge in [0.05, 0.1) is 18.0 Å². The van der Waals surface area contributed by atoms with Gasteiger partial charge in [-0.05, 0) is 61.7 Å². The Hall–Kier alpha value is -2.98. The average Bonchev–Trinajstić information content (AvgIpc) is 2.77. The first-order valence-corrected chi connectivity index (χ1v) is 11.9. The van der Waals surface area contributed by atoms with Gasteiger partial charge in [0.2, 0.25) is 10.0 Å². The molecule has 0 aliphatic heterocycles. The molecule has 0 radical (unpaired) electrons. The first kappa shape index (κ1) is 26.3. The second-order valence-electron chi connectivity index (χ2n) is 7.88. The predicted molar refractivity (Wildman–Crippen MR) is 120 cm³/mol. The second kappa shape index (κ2) is 11.2. The number of carbonyl (C=O) groups is 2. The van der Waals surface area contributed by atoms with Crippen molar-refractivity contribution in [2.24, 2.45) is 5.92 Å². The van der Waals surface area contributed by atoms with Crippen molar-refractivity contribution in [3.63, 3.8) is 0 Å². The molecule has 0 bridgehead atoms. The normalized spacial score (nSPS) is 14.3. The summed E-state index contributed by atoms with van der Waals surface area (Å²) in [6.45, 7) is 6.41. The topological polar surface area (TPSA) is 111 Å². The van der Waals surface area contributed by atoms with Crippen molar-refractivity contribution in [2.45, 2.75) is 50.8 Å². The molecule has 0 aliphatic rings. The molecule has 3 unspecified atom stereocenters. The number of amides is 1. The van der Waals surface area contributed by atoms with Crippen molar-refractivity contribution < 1.29 is 31.9 Å². The summed E-state index contributed by atoms with van der Waals surface area (Å²) in [5, 5.41) is 2.68. The number of rotatable bonds is 10.